The number of fused-ring (bicyclic) bond motifs is 1. The van der Waals surface area contributed by atoms with Crippen LogP contribution in [0, 0.1) is 5.92 Å². The average molecular weight is 293 g/mol. The van der Waals surface area contributed by atoms with Gasteiger partial charge in [0.05, 0.1) is 5.69 Å². The number of para-hydroxylation sites is 1. The van der Waals surface area contributed by atoms with Crippen molar-refractivity contribution in [3.05, 3.63) is 71.9 Å². The van der Waals surface area contributed by atoms with E-state index in [0.29, 0.717) is 0 Å². The predicted molar refractivity (Wildman–Crippen MR) is 91.9 cm³/mol. The molecule has 0 aliphatic rings. The van der Waals surface area contributed by atoms with Gasteiger partial charge < -0.3 is 9.67 Å². The van der Waals surface area contributed by atoms with E-state index >= 15 is 0 Å². The van der Waals surface area contributed by atoms with Crippen LogP contribution in [0.2, 0.25) is 0 Å². The summed E-state index contributed by atoms with van der Waals surface area (Å²) in [7, 11) is 0. The van der Waals surface area contributed by atoms with Crippen molar-refractivity contribution in [2.24, 2.45) is 5.92 Å². The van der Waals surface area contributed by atoms with E-state index in [4.69, 9.17) is 0 Å². The first kappa shape index (κ1) is 14.9. The van der Waals surface area contributed by atoms with E-state index < -0.39 is 5.60 Å². The Morgan fingerprint density at radius 1 is 1.00 bits per heavy atom. The molecule has 1 N–H and O–H groups in total. The number of benzene rings is 2. The molecule has 0 bridgehead atoms. The Hall–Kier alpha value is -2.06. The minimum absolute atomic E-state index is 0.145. The normalized spacial score (nSPS) is 14.4. The highest BCUT2D eigenvalue weighted by Crippen LogP contribution is 2.34. The Kier molecular flexibility index (Phi) is 3.79. The summed E-state index contributed by atoms with van der Waals surface area (Å²) in [5.74, 6) is 0.145. The first-order chi connectivity index (χ1) is 10.5. The summed E-state index contributed by atoms with van der Waals surface area (Å²) >= 11 is 0. The van der Waals surface area contributed by atoms with Crippen LogP contribution < -0.4 is 0 Å². The van der Waals surface area contributed by atoms with Gasteiger partial charge in [-0.05, 0) is 35.9 Å². The summed E-state index contributed by atoms with van der Waals surface area (Å²) in [5.41, 5.74) is 2.54. The summed E-state index contributed by atoms with van der Waals surface area (Å²) in [4.78, 5) is 0. The molecule has 1 heterocycles. The lowest BCUT2D eigenvalue weighted by molar-refractivity contribution is 0.00224. The van der Waals surface area contributed by atoms with Gasteiger partial charge >= 0.3 is 0 Å². The molecule has 0 aliphatic carbocycles. The SMILES string of the molecule is CC(C)C(C)(O)c1cc2ccccc2n1Cc1ccccc1. The van der Waals surface area contributed by atoms with Crippen molar-refractivity contribution in [2.45, 2.75) is 32.9 Å². The van der Waals surface area contributed by atoms with Crippen molar-refractivity contribution in [1.82, 2.24) is 4.57 Å². The van der Waals surface area contributed by atoms with Gasteiger partial charge in [-0.2, -0.15) is 0 Å². The molecular formula is C20H23NO. The molecule has 0 spiro atoms. The molecule has 0 saturated carbocycles. The molecule has 2 nitrogen and oxygen atoms in total. The Balaban J connectivity index is 2.17. The van der Waals surface area contributed by atoms with Gasteiger partial charge in [0.1, 0.15) is 5.60 Å². The first-order valence-corrected chi connectivity index (χ1v) is 7.85. The number of nitrogens with zero attached hydrogens (tertiary/aromatic N) is 1. The van der Waals surface area contributed by atoms with Gasteiger partial charge in [-0.25, -0.2) is 0 Å². The number of hydrogen-bond donors (Lipinski definition) is 1. The predicted octanol–water partition coefficient (Wildman–Crippen LogP) is 4.55. The third-order valence-corrected chi connectivity index (χ3v) is 4.64. The van der Waals surface area contributed by atoms with Gasteiger partial charge in [0.25, 0.3) is 0 Å². The Labute approximate surface area is 132 Å². The third kappa shape index (κ3) is 2.55. The molecule has 114 valence electrons. The van der Waals surface area contributed by atoms with Crippen LogP contribution >= 0.6 is 0 Å². The fourth-order valence-corrected chi connectivity index (χ4v) is 2.86. The summed E-state index contributed by atoms with van der Waals surface area (Å²) in [6, 6.07) is 20.9. The van der Waals surface area contributed by atoms with E-state index in [1.807, 2.05) is 19.1 Å². The Bertz CT molecular complexity index is 769. The summed E-state index contributed by atoms with van der Waals surface area (Å²) in [6.45, 7) is 6.80. The molecule has 0 radical (unpaired) electrons. The van der Waals surface area contributed by atoms with Crippen LogP contribution in [0.15, 0.2) is 60.7 Å². The molecule has 1 aromatic heterocycles. The number of hydrogen-bond acceptors (Lipinski definition) is 1. The summed E-state index contributed by atoms with van der Waals surface area (Å²) in [5, 5.41) is 12.2. The fraction of sp³-hybridized carbons (Fsp3) is 0.300. The van der Waals surface area contributed by atoms with Gasteiger partial charge in [0, 0.05) is 12.1 Å². The summed E-state index contributed by atoms with van der Waals surface area (Å²) in [6.07, 6.45) is 0. The Morgan fingerprint density at radius 2 is 1.64 bits per heavy atom. The molecule has 22 heavy (non-hydrogen) atoms. The molecule has 0 amide bonds. The highest BCUT2D eigenvalue weighted by molar-refractivity contribution is 5.81. The van der Waals surface area contributed by atoms with E-state index in [1.165, 1.54) is 16.5 Å². The van der Waals surface area contributed by atoms with Crippen LogP contribution in [0.1, 0.15) is 32.0 Å². The zero-order valence-electron chi connectivity index (χ0n) is 13.5. The lowest BCUT2D eigenvalue weighted by Gasteiger charge is -2.29. The number of rotatable bonds is 4. The van der Waals surface area contributed by atoms with Crippen LogP contribution in [0.4, 0.5) is 0 Å². The zero-order chi connectivity index (χ0) is 15.7. The second-order valence-corrected chi connectivity index (χ2v) is 6.46. The third-order valence-electron chi connectivity index (χ3n) is 4.64. The van der Waals surface area contributed by atoms with Crippen molar-refractivity contribution < 1.29 is 5.11 Å². The maximum Gasteiger partial charge on any atom is 0.104 e. The van der Waals surface area contributed by atoms with E-state index in [-0.39, 0.29) is 5.92 Å². The molecule has 3 rings (SSSR count). The minimum atomic E-state index is -0.853. The van der Waals surface area contributed by atoms with Crippen LogP contribution in [0.5, 0.6) is 0 Å². The molecule has 2 heteroatoms. The average Bonchev–Trinajstić information content (AvgIpc) is 2.88. The van der Waals surface area contributed by atoms with Crippen molar-refractivity contribution in [3.8, 4) is 0 Å². The smallest absolute Gasteiger partial charge is 0.104 e. The van der Waals surface area contributed by atoms with Crippen molar-refractivity contribution in [1.29, 1.82) is 0 Å². The van der Waals surface area contributed by atoms with Crippen LogP contribution in [-0.4, -0.2) is 9.67 Å². The maximum atomic E-state index is 11.0. The van der Waals surface area contributed by atoms with E-state index in [9.17, 15) is 5.11 Å². The molecule has 2 aromatic carbocycles. The van der Waals surface area contributed by atoms with Crippen LogP contribution in [0.25, 0.3) is 10.9 Å². The molecule has 1 atom stereocenters. The maximum absolute atomic E-state index is 11.0. The second kappa shape index (κ2) is 5.62. The molecule has 3 aromatic rings. The van der Waals surface area contributed by atoms with Gasteiger partial charge in [-0.1, -0.05) is 62.4 Å². The quantitative estimate of drug-likeness (QED) is 0.750. The number of aromatic nitrogens is 1. The second-order valence-electron chi connectivity index (χ2n) is 6.46. The van der Waals surface area contributed by atoms with Gasteiger partial charge in [0.2, 0.25) is 0 Å². The van der Waals surface area contributed by atoms with Gasteiger partial charge in [-0.15, -0.1) is 0 Å². The van der Waals surface area contributed by atoms with Crippen LogP contribution in [-0.2, 0) is 12.1 Å². The highest BCUT2D eigenvalue weighted by atomic mass is 16.3. The van der Waals surface area contributed by atoms with Gasteiger partial charge in [0.15, 0.2) is 0 Å². The van der Waals surface area contributed by atoms with Gasteiger partial charge in [-0.3, -0.25) is 0 Å². The highest BCUT2D eigenvalue weighted by Gasteiger charge is 2.31. The van der Waals surface area contributed by atoms with E-state index in [0.717, 1.165) is 12.2 Å². The molecule has 0 fully saturated rings. The lowest BCUT2D eigenvalue weighted by atomic mass is 9.89. The molecule has 1 unspecified atom stereocenters. The molecular weight excluding hydrogens is 270 g/mol. The molecule has 0 aliphatic heterocycles. The standard InChI is InChI=1S/C20H23NO/c1-15(2)20(3,22)19-13-17-11-7-8-12-18(17)21(19)14-16-9-5-4-6-10-16/h4-13,15,22H,14H2,1-3H3. The lowest BCUT2D eigenvalue weighted by Crippen LogP contribution is -2.31. The van der Waals surface area contributed by atoms with E-state index in [2.05, 4.69) is 66.9 Å². The topological polar surface area (TPSA) is 25.2 Å². The van der Waals surface area contributed by atoms with Crippen molar-refractivity contribution >= 4 is 10.9 Å². The first-order valence-electron chi connectivity index (χ1n) is 7.85. The Morgan fingerprint density at radius 3 is 2.32 bits per heavy atom. The summed E-state index contributed by atoms with van der Waals surface area (Å²) < 4.78 is 2.24. The monoisotopic (exact) mass is 293 g/mol. The van der Waals surface area contributed by atoms with Crippen LogP contribution in [0.3, 0.4) is 0 Å². The fourth-order valence-electron chi connectivity index (χ4n) is 2.86. The zero-order valence-corrected chi connectivity index (χ0v) is 13.5. The number of aliphatic hydroxyl groups is 1. The van der Waals surface area contributed by atoms with E-state index in [1.54, 1.807) is 0 Å². The minimum Gasteiger partial charge on any atom is -0.384 e. The van der Waals surface area contributed by atoms with Crippen molar-refractivity contribution in [3.63, 3.8) is 0 Å². The largest absolute Gasteiger partial charge is 0.384 e. The molecule has 0 saturated heterocycles. The van der Waals surface area contributed by atoms with Crippen molar-refractivity contribution in [2.75, 3.05) is 0 Å².